The molecule has 1 aromatic carbocycles. The Morgan fingerprint density at radius 1 is 1.35 bits per heavy atom. The number of hydrogen-bond donors (Lipinski definition) is 1. The van der Waals surface area contributed by atoms with E-state index in [-0.39, 0.29) is 23.9 Å². The Bertz CT molecular complexity index is 533. The standard InChI is InChI=1S/C14H22FNO3S/c1-4-16(11(2)10-20(3,18)19)9-14(17)12-7-5-6-8-13(12)15/h5-8,11,14,17H,4,9-10H2,1-3H3. The van der Waals surface area contributed by atoms with Crippen molar-refractivity contribution in [2.24, 2.45) is 0 Å². The van der Waals surface area contributed by atoms with Gasteiger partial charge in [0, 0.05) is 24.4 Å². The quantitative estimate of drug-likeness (QED) is 0.831. The normalized spacial score (nSPS) is 15.3. The first kappa shape index (κ1) is 17.1. The first-order valence-corrected chi connectivity index (χ1v) is 8.65. The minimum absolute atomic E-state index is 0.0187. The number of aliphatic hydroxyl groups is 1. The summed E-state index contributed by atoms with van der Waals surface area (Å²) in [6, 6.07) is 5.84. The van der Waals surface area contributed by atoms with Crippen molar-refractivity contribution >= 4 is 9.84 Å². The van der Waals surface area contributed by atoms with Crippen LogP contribution in [0.4, 0.5) is 4.39 Å². The van der Waals surface area contributed by atoms with Crippen molar-refractivity contribution in [3.63, 3.8) is 0 Å². The predicted octanol–water partition coefficient (Wildman–Crippen LogP) is 1.61. The molecule has 1 N–H and O–H groups in total. The van der Waals surface area contributed by atoms with E-state index < -0.39 is 21.8 Å². The summed E-state index contributed by atoms with van der Waals surface area (Å²) in [6.07, 6.45) is 0.211. The summed E-state index contributed by atoms with van der Waals surface area (Å²) in [4.78, 5) is 1.83. The third-order valence-electron chi connectivity index (χ3n) is 3.25. The predicted molar refractivity (Wildman–Crippen MR) is 77.8 cm³/mol. The number of hydrogen-bond acceptors (Lipinski definition) is 4. The van der Waals surface area contributed by atoms with E-state index in [1.165, 1.54) is 18.4 Å². The first-order chi connectivity index (χ1) is 9.24. The lowest BCUT2D eigenvalue weighted by atomic mass is 10.1. The zero-order valence-electron chi connectivity index (χ0n) is 12.1. The van der Waals surface area contributed by atoms with E-state index in [1.807, 2.05) is 11.8 Å². The van der Waals surface area contributed by atoms with Crippen molar-refractivity contribution in [1.82, 2.24) is 4.90 Å². The smallest absolute Gasteiger partial charge is 0.148 e. The van der Waals surface area contributed by atoms with Crippen LogP contribution in [0.3, 0.4) is 0 Å². The van der Waals surface area contributed by atoms with Gasteiger partial charge >= 0.3 is 0 Å². The molecule has 0 saturated heterocycles. The average molecular weight is 303 g/mol. The third-order valence-corrected chi connectivity index (χ3v) is 4.33. The average Bonchev–Trinajstić information content (AvgIpc) is 2.33. The zero-order valence-corrected chi connectivity index (χ0v) is 12.9. The van der Waals surface area contributed by atoms with Crippen LogP contribution in [0, 0.1) is 5.82 Å². The van der Waals surface area contributed by atoms with E-state index >= 15 is 0 Å². The van der Waals surface area contributed by atoms with Crippen molar-refractivity contribution in [3.8, 4) is 0 Å². The summed E-state index contributed by atoms with van der Waals surface area (Å²) in [5, 5.41) is 10.1. The molecule has 0 aliphatic carbocycles. The van der Waals surface area contributed by atoms with E-state index in [0.29, 0.717) is 6.54 Å². The highest BCUT2D eigenvalue weighted by Crippen LogP contribution is 2.19. The molecule has 0 aliphatic rings. The first-order valence-electron chi connectivity index (χ1n) is 6.59. The van der Waals surface area contributed by atoms with Crippen LogP contribution < -0.4 is 0 Å². The number of halogens is 1. The van der Waals surface area contributed by atoms with Crippen molar-refractivity contribution in [1.29, 1.82) is 0 Å². The minimum Gasteiger partial charge on any atom is -0.387 e. The fourth-order valence-electron chi connectivity index (χ4n) is 2.23. The number of rotatable bonds is 7. The summed E-state index contributed by atoms with van der Waals surface area (Å²) >= 11 is 0. The van der Waals surface area contributed by atoms with Crippen molar-refractivity contribution in [3.05, 3.63) is 35.6 Å². The van der Waals surface area contributed by atoms with Crippen LogP contribution in [-0.4, -0.2) is 49.6 Å². The molecule has 0 heterocycles. The van der Waals surface area contributed by atoms with Gasteiger partial charge in [0.15, 0.2) is 0 Å². The van der Waals surface area contributed by atoms with Gasteiger partial charge < -0.3 is 5.11 Å². The van der Waals surface area contributed by atoms with Gasteiger partial charge in [0.25, 0.3) is 0 Å². The molecule has 0 saturated carbocycles. The van der Waals surface area contributed by atoms with Crippen LogP contribution in [0.15, 0.2) is 24.3 Å². The molecule has 0 aliphatic heterocycles. The van der Waals surface area contributed by atoms with Gasteiger partial charge in [-0.3, -0.25) is 4.90 Å². The molecule has 2 unspecified atom stereocenters. The molecule has 1 rings (SSSR count). The maximum atomic E-state index is 13.6. The third kappa shape index (κ3) is 5.19. The van der Waals surface area contributed by atoms with Gasteiger partial charge in [-0.2, -0.15) is 0 Å². The molecule has 0 amide bonds. The van der Waals surface area contributed by atoms with Crippen molar-refractivity contribution < 1.29 is 17.9 Å². The molecule has 0 aromatic heterocycles. The zero-order chi connectivity index (χ0) is 15.3. The maximum Gasteiger partial charge on any atom is 0.148 e. The molecule has 0 fully saturated rings. The van der Waals surface area contributed by atoms with E-state index in [9.17, 15) is 17.9 Å². The van der Waals surface area contributed by atoms with Gasteiger partial charge in [-0.05, 0) is 19.5 Å². The van der Waals surface area contributed by atoms with Crippen LogP contribution in [0.25, 0.3) is 0 Å². The fourth-order valence-corrected chi connectivity index (χ4v) is 3.32. The van der Waals surface area contributed by atoms with E-state index in [2.05, 4.69) is 0 Å². The van der Waals surface area contributed by atoms with E-state index in [4.69, 9.17) is 0 Å². The Hall–Kier alpha value is -0.980. The Morgan fingerprint density at radius 3 is 2.45 bits per heavy atom. The summed E-state index contributed by atoms with van der Waals surface area (Å²) in [5.74, 6) is -0.433. The largest absolute Gasteiger partial charge is 0.387 e. The van der Waals surface area contributed by atoms with Gasteiger partial charge in [0.2, 0.25) is 0 Å². The summed E-state index contributed by atoms with van der Waals surface area (Å²) in [7, 11) is -3.08. The summed E-state index contributed by atoms with van der Waals surface area (Å²) in [6.45, 7) is 4.46. The molecule has 20 heavy (non-hydrogen) atoms. The Morgan fingerprint density at radius 2 is 1.95 bits per heavy atom. The highest BCUT2D eigenvalue weighted by Gasteiger charge is 2.21. The SMILES string of the molecule is CCN(CC(O)c1ccccc1F)C(C)CS(C)(=O)=O. The highest BCUT2D eigenvalue weighted by molar-refractivity contribution is 7.90. The summed E-state index contributed by atoms with van der Waals surface area (Å²) < 4.78 is 36.2. The van der Waals surface area contributed by atoms with Crippen molar-refractivity contribution in [2.45, 2.75) is 26.0 Å². The molecule has 2 atom stereocenters. The van der Waals surface area contributed by atoms with E-state index in [1.54, 1.807) is 19.1 Å². The number of sulfone groups is 1. The molecule has 0 bridgehead atoms. The molecule has 1 aromatic rings. The van der Waals surface area contributed by atoms with Crippen LogP contribution in [0.2, 0.25) is 0 Å². The second kappa shape index (κ2) is 7.15. The highest BCUT2D eigenvalue weighted by atomic mass is 32.2. The second-order valence-electron chi connectivity index (χ2n) is 5.07. The van der Waals surface area contributed by atoms with Gasteiger partial charge in [0.1, 0.15) is 15.7 Å². The molecule has 4 nitrogen and oxygen atoms in total. The molecular weight excluding hydrogens is 281 g/mol. The topological polar surface area (TPSA) is 57.6 Å². The molecule has 0 spiro atoms. The number of likely N-dealkylation sites (N-methyl/N-ethyl adjacent to an activating group) is 1. The van der Waals surface area contributed by atoms with Crippen LogP contribution in [0.5, 0.6) is 0 Å². The summed E-state index contributed by atoms with van der Waals surface area (Å²) in [5.41, 5.74) is 0.234. The van der Waals surface area contributed by atoms with Gasteiger partial charge in [0.05, 0.1) is 11.9 Å². The number of nitrogens with zero attached hydrogens (tertiary/aromatic N) is 1. The van der Waals surface area contributed by atoms with E-state index in [0.717, 1.165) is 0 Å². The molecule has 114 valence electrons. The Balaban J connectivity index is 2.76. The Kier molecular flexibility index (Phi) is 6.10. The lowest BCUT2D eigenvalue weighted by Gasteiger charge is -2.29. The van der Waals surface area contributed by atoms with Gasteiger partial charge in [-0.1, -0.05) is 25.1 Å². The monoisotopic (exact) mass is 303 g/mol. The lowest BCUT2D eigenvalue weighted by molar-refractivity contribution is 0.0971. The van der Waals surface area contributed by atoms with Gasteiger partial charge in [-0.25, -0.2) is 12.8 Å². The number of aliphatic hydroxyl groups excluding tert-OH is 1. The maximum absolute atomic E-state index is 13.6. The number of benzene rings is 1. The van der Waals surface area contributed by atoms with Crippen molar-refractivity contribution in [2.75, 3.05) is 25.1 Å². The Labute approximate surface area is 120 Å². The second-order valence-corrected chi connectivity index (χ2v) is 7.25. The minimum atomic E-state index is -3.08. The van der Waals surface area contributed by atoms with Gasteiger partial charge in [-0.15, -0.1) is 0 Å². The lowest BCUT2D eigenvalue weighted by Crippen LogP contribution is -2.40. The van der Waals surface area contributed by atoms with Crippen LogP contribution in [-0.2, 0) is 9.84 Å². The molecule has 0 radical (unpaired) electrons. The van der Waals surface area contributed by atoms with Crippen LogP contribution >= 0.6 is 0 Å². The molecular formula is C14H22FNO3S. The fraction of sp³-hybridized carbons (Fsp3) is 0.571. The molecule has 6 heteroatoms. The van der Waals surface area contributed by atoms with Crippen LogP contribution in [0.1, 0.15) is 25.5 Å².